The van der Waals surface area contributed by atoms with E-state index < -0.39 is 6.00 Å². The topological polar surface area (TPSA) is 0 Å². The van der Waals surface area contributed by atoms with Gasteiger partial charge in [-0.1, -0.05) is 43.2 Å². The van der Waals surface area contributed by atoms with Crippen LogP contribution in [0.5, 0.6) is 0 Å². The molecule has 1 fully saturated rings. The number of halogens is 3. The molecule has 0 heterocycles. The highest BCUT2D eigenvalue weighted by molar-refractivity contribution is 7.65. The second-order valence-corrected chi connectivity index (χ2v) is 14.0. The second kappa shape index (κ2) is 5.97. The fraction of sp³-hybridized carbons (Fsp3) is 0.538. The van der Waals surface area contributed by atoms with Crippen molar-refractivity contribution < 1.29 is 0 Å². The summed E-state index contributed by atoms with van der Waals surface area (Å²) in [6, 6.07) is 8.22. The molecule has 94 valence electrons. The third-order valence-corrected chi connectivity index (χ3v) is 7.96. The van der Waals surface area contributed by atoms with Crippen LogP contribution >= 0.6 is 33.2 Å². The molecule has 0 unspecified atom stereocenters. The molecule has 1 aliphatic carbocycles. The average Bonchev–Trinajstić information content (AvgIpc) is 2.30. The molecule has 0 bridgehead atoms. The first-order valence-electron chi connectivity index (χ1n) is 6.16. The molecule has 1 aliphatic rings. The van der Waals surface area contributed by atoms with Crippen molar-refractivity contribution in [2.45, 2.75) is 37.6 Å². The van der Waals surface area contributed by atoms with E-state index >= 15 is 0 Å². The van der Waals surface area contributed by atoms with Crippen molar-refractivity contribution in [2.75, 3.05) is 0 Å². The van der Waals surface area contributed by atoms with Gasteiger partial charge in [-0.05, 0) is 36.3 Å². The first-order chi connectivity index (χ1) is 8.05. The van der Waals surface area contributed by atoms with Crippen LogP contribution in [0.4, 0.5) is 0 Å². The Morgan fingerprint density at radius 1 is 0.941 bits per heavy atom. The van der Waals surface area contributed by atoms with Crippen molar-refractivity contribution in [1.82, 2.24) is 0 Å². The number of hydrogen-bond acceptors (Lipinski definition) is 0. The van der Waals surface area contributed by atoms with E-state index in [2.05, 4.69) is 30.3 Å². The maximum atomic E-state index is 6.09. The van der Waals surface area contributed by atoms with Crippen LogP contribution < -0.4 is 0 Å². The fourth-order valence-electron chi connectivity index (χ4n) is 2.64. The number of benzene rings is 1. The zero-order valence-corrected chi connectivity index (χ0v) is 13.0. The largest absolute Gasteiger partial charge is 0.344 e. The van der Waals surface area contributed by atoms with Crippen molar-refractivity contribution >= 4 is 39.2 Å². The Morgan fingerprint density at radius 3 is 2.06 bits per heavy atom. The lowest BCUT2D eigenvalue weighted by molar-refractivity contribution is 0.355. The van der Waals surface area contributed by atoms with Gasteiger partial charge in [0.05, 0.1) is 0 Å². The van der Waals surface area contributed by atoms with Gasteiger partial charge in [-0.25, -0.2) is 0 Å². The molecule has 1 saturated carbocycles. The lowest BCUT2D eigenvalue weighted by atomic mass is 9.84. The minimum Gasteiger partial charge on any atom is -0.126 e. The van der Waals surface area contributed by atoms with E-state index in [-0.39, 0.29) is 0 Å². The second-order valence-electron chi connectivity index (χ2n) is 4.95. The minimum absolute atomic E-state index is 0.375. The van der Waals surface area contributed by atoms with Gasteiger partial charge in [-0.15, -0.1) is 33.2 Å². The van der Waals surface area contributed by atoms with Crippen LogP contribution in [0.25, 0.3) is 0 Å². The molecule has 0 atom stereocenters. The Kier molecular flexibility index (Phi) is 4.82. The third-order valence-electron chi connectivity index (χ3n) is 3.68. The van der Waals surface area contributed by atoms with Crippen LogP contribution in [0.3, 0.4) is 0 Å². The van der Waals surface area contributed by atoms with E-state index in [1.165, 1.54) is 24.8 Å². The summed E-state index contributed by atoms with van der Waals surface area (Å²) in [6.07, 6.45) is 5.79. The summed E-state index contributed by atoms with van der Waals surface area (Å²) in [6.45, 7) is 0. The Labute approximate surface area is 118 Å². The van der Waals surface area contributed by atoms with E-state index in [0.29, 0.717) is 5.54 Å². The van der Waals surface area contributed by atoms with Crippen molar-refractivity contribution in [3.63, 3.8) is 0 Å². The lowest BCUT2D eigenvalue weighted by Gasteiger charge is -2.31. The lowest BCUT2D eigenvalue weighted by Crippen LogP contribution is -2.25. The monoisotopic (exact) mass is 306 g/mol. The zero-order valence-electron chi connectivity index (χ0n) is 9.71. The van der Waals surface area contributed by atoms with Gasteiger partial charge in [-0.3, -0.25) is 0 Å². The normalized spacial score (nSPS) is 25.8. The molecule has 0 nitrogen and oxygen atoms in total. The Morgan fingerprint density at radius 2 is 1.53 bits per heavy atom. The van der Waals surface area contributed by atoms with Gasteiger partial charge in [0.1, 0.15) is 0 Å². The molecule has 4 heteroatoms. The van der Waals surface area contributed by atoms with Crippen LogP contribution in [0.1, 0.15) is 31.2 Å². The molecule has 0 spiro atoms. The van der Waals surface area contributed by atoms with Crippen molar-refractivity contribution in [2.24, 2.45) is 5.92 Å². The van der Waals surface area contributed by atoms with E-state index in [1.807, 2.05) is 0 Å². The Balaban J connectivity index is 1.84. The van der Waals surface area contributed by atoms with Crippen LogP contribution in [-0.2, 0) is 6.42 Å². The molecule has 1 aromatic carbocycles. The smallest absolute Gasteiger partial charge is 0.126 e. The molecule has 2 rings (SSSR count). The number of hydrogen-bond donors (Lipinski definition) is 0. The van der Waals surface area contributed by atoms with Crippen LogP contribution in [0.2, 0.25) is 5.54 Å². The maximum Gasteiger partial charge on any atom is 0.344 e. The predicted octanol–water partition coefficient (Wildman–Crippen LogP) is 5.44. The van der Waals surface area contributed by atoms with Crippen LogP contribution in [0.15, 0.2) is 30.3 Å². The van der Waals surface area contributed by atoms with Gasteiger partial charge in [0.2, 0.25) is 0 Å². The van der Waals surface area contributed by atoms with Gasteiger partial charge >= 0.3 is 6.00 Å². The summed E-state index contributed by atoms with van der Waals surface area (Å²) in [4.78, 5) is 0. The first kappa shape index (κ1) is 13.7. The summed E-state index contributed by atoms with van der Waals surface area (Å²) >= 11 is 18.3. The van der Waals surface area contributed by atoms with Crippen molar-refractivity contribution in [3.05, 3.63) is 35.9 Å². The molecule has 0 aliphatic heterocycles. The highest BCUT2D eigenvalue weighted by Crippen LogP contribution is 2.45. The van der Waals surface area contributed by atoms with Gasteiger partial charge in [0, 0.05) is 0 Å². The zero-order chi connectivity index (χ0) is 12.3. The van der Waals surface area contributed by atoms with Gasteiger partial charge < -0.3 is 0 Å². The fourth-order valence-corrected chi connectivity index (χ4v) is 5.59. The average molecular weight is 308 g/mol. The summed E-state index contributed by atoms with van der Waals surface area (Å²) in [7, 11) is 0. The highest BCUT2D eigenvalue weighted by Gasteiger charge is 2.38. The third kappa shape index (κ3) is 4.17. The van der Waals surface area contributed by atoms with E-state index in [4.69, 9.17) is 33.2 Å². The molecular formula is C13H17Cl3Si. The van der Waals surface area contributed by atoms with E-state index in [0.717, 1.165) is 18.8 Å². The Hall–Kier alpha value is 0.307. The summed E-state index contributed by atoms with van der Waals surface area (Å²) < 4.78 is 0. The maximum absolute atomic E-state index is 6.09. The van der Waals surface area contributed by atoms with E-state index in [9.17, 15) is 0 Å². The summed E-state index contributed by atoms with van der Waals surface area (Å²) in [5.74, 6) is 0.773. The minimum atomic E-state index is -2.46. The molecule has 0 saturated heterocycles. The summed E-state index contributed by atoms with van der Waals surface area (Å²) in [5, 5.41) is 0. The molecular weight excluding hydrogens is 291 g/mol. The predicted molar refractivity (Wildman–Crippen MR) is 79.2 cm³/mol. The molecule has 1 aromatic rings. The van der Waals surface area contributed by atoms with Crippen molar-refractivity contribution in [1.29, 1.82) is 0 Å². The van der Waals surface area contributed by atoms with Gasteiger partial charge in [0.15, 0.2) is 0 Å². The Bertz CT molecular complexity index is 339. The van der Waals surface area contributed by atoms with Crippen LogP contribution in [0, 0.1) is 5.92 Å². The quantitative estimate of drug-likeness (QED) is 0.515. The first-order valence-corrected chi connectivity index (χ1v) is 11.3. The highest BCUT2D eigenvalue weighted by atomic mass is 35.8. The number of rotatable bonds is 3. The van der Waals surface area contributed by atoms with Gasteiger partial charge in [-0.2, -0.15) is 0 Å². The molecule has 0 aromatic heterocycles. The molecule has 0 N–H and O–H groups in total. The van der Waals surface area contributed by atoms with Crippen LogP contribution in [-0.4, -0.2) is 6.00 Å². The van der Waals surface area contributed by atoms with Crippen molar-refractivity contribution in [3.8, 4) is 0 Å². The molecule has 0 radical (unpaired) electrons. The van der Waals surface area contributed by atoms with Gasteiger partial charge in [0.25, 0.3) is 0 Å². The summed E-state index contributed by atoms with van der Waals surface area (Å²) in [5.41, 5.74) is 1.81. The molecule has 17 heavy (non-hydrogen) atoms. The molecule has 0 amide bonds. The standard InChI is InChI=1S/C13H17Cl3Si/c14-17(15,16)13-8-6-12(7-9-13)10-11-4-2-1-3-5-11/h1-5,12-13H,6-10H2. The van der Waals surface area contributed by atoms with E-state index in [1.54, 1.807) is 0 Å². The SMILES string of the molecule is Cl[Si](Cl)(Cl)C1CCC(Cc2ccccc2)CC1.